The molecule has 2 atom stereocenters. The number of halogens is 2. The molecule has 0 amide bonds. The number of unbranched alkanes of at least 4 members (excludes halogenated alkanes) is 2. The zero-order valence-corrected chi connectivity index (χ0v) is 32.5. The SMILES string of the molecule is C[Si](C)(CCCCF)OCc1ccccc1C1=C(c2ccccc2)C(O)(c2ccccc2)C(c2ccccc2CO[Si](C)(C)CCCCF)C1=O. The van der Waals surface area contributed by atoms with Crippen LogP contribution in [-0.2, 0) is 32.5 Å². The molecule has 1 N–H and O–H groups in total. The van der Waals surface area contributed by atoms with Crippen molar-refractivity contribution in [2.45, 2.75) is 88.7 Å². The second kappa shape index (κ2) is 17.3. The van der Waals surface area contributed by atoms with Gasteiger partial charge in [-0.1, -0.05) is 122 Å². The van der Waals surface area contributed by atoms with Crippen molar-refractivity contribution in [2.24, 2.45) is 0 Å². The van der Waals surface area contributed by atoms with Gasteiger partial charge in [0.1, 0.15) is 5.60 Å². The van der Waals surface area contributed by atoms with E-state index >= 15 is 4.79 Å². The van der Waals surface area contributed by atoms with Crippen LogP contribution in [0.5, 0.6) is 0 Å². The number of allylic oxidation sites excluding steroid dienone is 1. The van der Waals surface area contributed by atoms with E-state index in [2.05, 4.69) is 26.2 Å². The van der Waals surface area contributed by atoms with Crippen molar-refractivity contribution >= 4 is 33.6 Å². The minimum atomic E-state index is -2.13. The summed E-state index contributed by atoms with van der Waals surface area (Å²) in [5.41, 5.74) is 3.90. The molecule has 5 rings (SSSR count). The average molecular weight is 727 g/mol. The summed E-state index contributed by atoms with van der Waals surface area (Å²) < 4.78 is 38.9. The minimum absolute atomic E-state index is 0.168. The number of carbonyl (C=O) groups is 1. The van der Waals surface area contributed by atoms with Gasteiger partial charge in [-0.15, -0.1) is 0 Å². The highest BCUT2D eigenvalue weighted by Crippen LogP contribution is 2.57. The molecule has 2 unspecified atom stereocenters. The molecule has 270 valence electrons. The standard InChI is InChI=1S/C43H52F2O4Si2/c1-50(2,29-17-15-27-44)48-31-34-21-11-13-25-37(34)39-40(33-19-7-5-8-20-33)43(47,36-23-9-6-10-24-36)41(42(39)46)38-26-14-12-22-35(38)32-49-51(3,4)30-18-16-28-45/h5-14,19-26,41,47H,15-18,27-32H2,1-4H3. The monoisotopic (exact) mass is 726 g/mol. The fraction of sp³-hybridized carbons (Fsp3) is 0.372. The van der Waals surface area contributed by atoms with Crippen molar-refractivity contribution in [3.05, 3.63) is 143 Å². The molecule has 51 heavy (non-hydrogen) atoms. The molecule has 4 aromatic rings. The largest absolute Gasteiger partial charge is 0.413 e. The van der Waals surface area contributed by atoms with Gasteiger partial charge in [-0.3, -0.25) is 13.6 Å². The van der Waals surface area contributed by atoms with Gasteiger partial charge in [0.15, 0.2) is 22.4 Å². The van der Waals surface area contributed by atoms with Crippen LogP contribution in [-0.4, -0.2) is 40.9 Å². The van der Waals surface area contributed by atoms with Crippen molar-refractivity contribution in [1.29, 1.82) is 0 Å². The molecule has 1 aliphatic rings. The quantitative estimate of drug-likeness (QED) is 0.0819. The van der Waals surface area contributed by atoms with Crippen LogP contribution in [0.3, 0.4) is 0 Å². The molecular weight excluding hydrogens is 675 g/mol. The van der Waals surface area contributed by atoms with Crippen molar-refractivity contribution in [1.82, 2.24) is 0 Å². The summed E-state index contributed by atoms with van der Waals surface area (Å²) in [6.07, 6.45) is 2.62. The molecule has 8 heteroatoms. The van der Waals surface area contributed by atoms with E-state index in [-0.39, 0.29) is 19.1 Å². The van der Waals surface area contributed by atoms with Crippen molar-refractivity contribution in [3.8, 4) is 0 Å². The van der Waals surface area contributed by atoms with Crippen molar-refractivity contribution < 1.29 is 27.5 Å². The van der Waals surface area contributed by atoms with Crippen molar-refractivity contribution in [3.63, 3.8) is 0 Å². The lowest BCUT2D eigenvalue weighted by molar-refractivity contribution is -0.118. The first-order chi connectivity index (χ1) is 24.5. The van der Waals surface area contributed by atoms with Gasteiger partial charge in [-0.25, -0.2) is 0 Å². The number of Topliss-reactive ketones (excluding diaryl/α,β-unsaturated/α-hetero) is 1. The Bertz CT molecular complexity index is 1780. The van der Waals surface area contributed by atoms with Crippen LogP contribution in [0.1, 0.15) is 65.0 Å². The van der Waals surface area contributed by atoms with Gasteiger partial charge in [-0.05, 0) is 84.5 Å². The molecule has 0 saturated heterocycles. The summed E-state index contributed by atoms with van der Waals surface area (Å²) >= 11 is 0. The topological polar surface area (TPSA) is 55.8 Å². The van der Waals surface area contributed by atoms with E-state index < -0.39 is 28.2 Å². The molecule has 4 aromatic carbocycles. The number of ketones is 1. The van der Waals surface area contributed by atoms with E-state index in [9.17, 15) is 13.9 Å². The second-order valence-corrected chi connectivity index (χ2v) is 23.4. The van der Waals surface area contributed by atoms with Crippen LogP contribution < -0.4 is 0 Å². The first-order valence-electron chi connectivity index (χ1n) is 18.2. The third-order valence-corrected chi connectivity index (χ3v) is 15.0. The molecule has 0 aliphatic heterocycles. The van der Waals surface area contributed by atoms with Crippen molar-refractivity contribution in [2.75, 3.05) is 13.3 Å². The normalized spacial score (nSPS) is 18.1. The molecule has 0 aromatic heterocycles. The number of carbonyl (C=O) groups excluding carboxylic acids is 1. The number of alkyl halides is 2. The van der Waals surface area contributed by atoms with Crippen LogP contribution in [0, 0.1) is 0 Å². The Morgan fingerprint density at radius 2 is 1.14 bits per heavy atom. The lowest BCUT2D eigenvalue weighted by atomic mass is 9.73. The fourth-order valence-corrected chi connectivity index (χ4v) is 10.8. The van der Waals surface area contributed by atoms with E-state index in [0.29, 0.717) is 42.8 Å². The molecule has 0 saturated carbocycles. The molecule has 4 nitrogen and oxygen atoms in total. The molecule has 0 heterocycles. The van der Waals surface area contributed by atoms with Gasteiger partial charge in [-0.2, -0.15) is 0 Å². The third-order valence-electron chi connectivity index (χ3n) is 10.0. The van der Waals surface area contributed by atoms with Gasteiger partial charge < -0.3 is 14.0 Å². The van der Waals surface area contributed by atoms with Gasteiger partial charge in [0.05, 0.1) is 32.5 Å². The number of hydrogen-bond donors (Lipinski definition) is 1. The Morgan fingerprint density at radius 3 is 1.73 bits per heavy atom. The number of hydrogen-bond acceptors (Lipinski definition) is 4. The van der Waals surface area contributed by atoms with E-state index in [1.54, 1.807) is 0 Å². The highest BCUT2D eigenvalue weighted by atomic mass is 28.4. The first kappa shape index (κ1) is 38.7. The predicted molar refractivity (Wildman–Crippen MR) is 209 cm³/mol. The van der Waals surface area contributed by atoms with Crippen LogP contribution >= 0.6 is 0 Å². The Hall–Kier alpha value is -3.54. The summed E-state index contributed by atoms with van der Waals surface area (Å²) in [5.74, 6) is -1.12. The number of rotatable bonds is 18. The van der Waals surface area contributed by atoms with Crippen LogP contribution in [0.25, 0.3) is 11.1 Å². The molecule has 0 spiro atoms. The van der Waals surface area contributed by atoms with Crippen LogP contribution in [0.15, 0.2) is 109 Å². The van der Waals surface area contributed by atoms with E-state index in [1.165, 1.54) is 0 Å². The highest BCUT2D eigenvalue weighted by molar-refractivity contribution is 6.71. The second-order valence-electron chi connectivity index (χ2n) is 14.8. The Labute approximate surface area is 304 Å². The maximum atomic E-state index is 15.4. The lowest BCUT2D eigenvalue weighted by Crippen LogP contribution is -2.35. The third kappa shape index (κ3) is 9.10. The Kier molecular flexibility index (Phi) is 13.1. The summed E-state index contributed by atoms with van der Waals surface area (Å²) in [5, 5.41) is 13.5. The lowest BCUT2D eigenvalue weighted by Gasteiger charge is -2.34. The maximum absolute atomic E-state index is 15.4. The summed E-state index contributed by atoms with van der Waals surface area (Å²) in [6.45, 7) is 8.54. The first-order valence-corrected chi connectivity index (χ1v) is 24.4. The summed E-state index contributed by atoms with van der Waals surface area (Å²) in [6, 6.07) is 36.5. The van der Waals surface area contributed by atoms with E-state index in [4.69, 9.17) is 8.85 Å². The molecule has 0 radical (unpaired) electrons. The maximum Gasteiger partial charge on any atom is 0.187 e. The molecule has 0 fully saturated rings. The minimum Gasteiger partial charge on any atom is -0.413 e. The summed E-state index contributed by atoms with van der Waals surface area (Å²) in [4.78, 5) is 15.4. The molecule has 0 bridgehead atoms. The predicted octanol–water partition coefficient (Wildman–Crippen LogP) is 10.8. The zero-order valence-electron chi connectivity index (χ0n) is 30.5. The van der Waals surface area contributed by atoms with Gasteiger partial charge in [0.2, 0.25) is 0 Å². The van der Waals surface area contributed by atoms with E-state index in [0.717, 1.165) is 52.7 Å². The number of aliphatic hydroxyl groups is 1. The smallest absolute Gasteiger partial charge is 0.187 e. The van der Waals surface area contributed by atoms with Gasteiger partial charge >= 0.3 is 0 Å². The zero-order chi connectivity index (χ0) is 36.5. The molecule has 1 aliphatic carbocycles. The average Bonchev–Trinajstić information content (AvgIpc) is 3.37. The highest BCUT2D eigenvalue weighted by Gasteiger charge is 2.55. The summed E-state index contributed by atoms with van der Waals surface area (Å²) in [7, 11) is -4.25. The van der Waals surface area contributed by atoms with Crippen LogP contribution in [0.4, 0.5) is 8.78 Å². The van der Waals surface area contributed by atoms with E-state index in [1.807, 2.05) is 109 Å². The number of benzene rings is 4. The van der Waals surface area contributed by atoms with Gasteiger partial charge in [0, 0.05) is 11.1 Å². The Balaban J connectivity index is 1.66. The fourth-order valence-electron chi connectivity index (χ4n) is 7.22. The Morgan fingerprint density at radius 1 is 0.647 bits per heavy atom. The van der Waals surface area contributed by atoms with Gasteiger partial charge in [0.25, 0.3) is 0 Å². The molecular formula is C43H52F2O4Si2. The van der Waals surface area contributed by atoms with Crippen LogP contribution in [0.2, 0.25) is 38.3 Å².